The lowest BCUT2D eigenvalue weighted by Crippen LogP contribution is -2.47. The molecule has 3 nitrogen and oxygen atoms in total. The highest BCUT2D eigenvalue weighted by atomic mass is 15.3. The molecule has 0 atom stereocenters. The molecule has 1 aliphatic heterocycles. The van der Waals surface area contributed by atoms with E-state index in [0.717, 1.165) is 19.6 Å². The Kier molecular flexibility index (Phi) is 3.88. The van der Waals surface area contributed by atoms with Gasteiger partial charge < -0.3 is 15.1 Å². The van der Waals surface area contributed by atoms with Gasteiger partial charge in [0.2, 0.25) is 0 Å². The Morgan fingerprint density at radius 3 is 2.50 bits per heavy atom. The van der Waals surface area contributed by atoms with Crippen LogP contribution < -0.4 is 15.1 Å². The number of fused-ring (bicyclic) bond motifs is 1. The predicted molar refractivity (Wildman–Crippen MR) is 86.8 cm³/mol. The zero-order valence-corrected chi connectivity index (χ0v) is 12.9. The number of likely N-dealkylation sites (N-methyl/N-ethyl adjacent to an activating group) is 1. The summed E-state index contributed by atoms with van der Waals surface area (Å²) in [7, 11) is 4.30. The van der Waals surface area contributed by atoms with Gasteiger partial charge in [0.05, 0.1) is 11.4 Å². The highest BCUT2D eigenvalue weighted by Gasteiger charge is 2.36. The molecule has 0 radical (unpaired) electrons. The number of para-hydroxylation sites is 2. The second-order valence-corrected chi connectivity index (χ2v) is 6.57. The summed E-state index contributed by atoms with van der Waals surface area (Å²) in [6, 6.07) is 8.86. The van der Waals surface area contributed by atoms with E-state index in [0.29, 0.717) is 5.41 Å². The summed E-state index contributed by atoms with van der Waals surface area (Å²) < 4.78 is 0. The van der Waals surface area contributed by atoms with Crippen LogP contribution in [0.2, 0.25) is 0 Å². The summed E-state index contributed by atoms with van der Waals surface area (Å²) >= 11 is 0. The van der Waals surface area contributed by atoms with Crippen LogP contribution in [0.15, 0.2) is 24.3 Å². The van der Waals surface area contributed by atoms with Crippen molar-refractivity contribution in [2.24, 2.45) is 5.41 Å². The van der Waals surface area contributed by atoms with Gasteiger partial charge in [-0.2, -0.15) is 0 Å². The van der Waals surface area contributed by atoms with E-state index in [9.17, 15) is 0 Å². The molecule has 3 heteroatoms. The first kappa shape index (κ1) is 13.7. The van der Waals surface area contributed by atoms with E-state index in [2.05, 4.69) is 53.5 Å². The van der Waals surface area contributed by atoms with Crippen LogP contribution in [-0.2, 0) is 0 Å². The first-order valence-corrected chi connectivity index (χ1v) is 7.94. The molecule has 0 saturated heterocycles. The third-order valence-corrected chi connectivity index (χ3v) is 5.08. The monoisotopic (exact) mass is 273 g/mol. The van der Waals surface area contributed by atoms with E-state index in [1.54, 1.807) is 0 Å². The second kappa shape index (κ2) is 5.65. The number of hydrogen-bond acceptors (Lipinski definition) is 3. The third-order valence-electron chi connectivity index (χ3n) is 5.08. The minimum Gasteiger partial charge on any atom is -0.371 e. The zero-order chi connectivity index (χ0) is 14.0. The maximum atomic E-state index is 3.44. The Bertz CT molecular complexity index is 451. The fourth-order valence-electron chi connectivity index (χ4n) is 4.03. The molecule has 1 aliphatic carbocycles. The van der Waals surface area contributed by atoms with Gasteiger partial charge in [-0.25, -0.2) is 0 Å². The number of nitrogens with one attached hydrogen (secondary N) is 1. The van der Waals surface area contributed by atoms with Crippen molar-refractivity contribution in [3.8, 4) is 0 Å². The summed E-state index contributed by atoms with van der Waals surface area (Å²) in [6.07, 6.45) is 5.55. The SMILES string of the molecule is CNCC1(CN2CCN(C)c3ccccc32)CCCC1. The maximum Gasteiger partial charge on any atom is 0.0604 e. The maximum absolute atomic E-state index is 3.44. The highest BCUT2D eigenvalue weighted by Crippen LogP contribution is 2.41. The normalized spacial score (nSPS) is 21.1. The molecule has 1 fully saturated rings. The summed E-state index contributed by atoms with van der Waals surface area (Å²) in [5.74, 6) is 0. The lowest BCUT2D eigenvalue weighted by molar-refractivity contribution is 0.290. The molecule has 0 spiro atoms. The average Bonchev–Trinajstić information content (AvgIpc) is 2.91. The predicted octanol–water partition coefficient (Wildman–Crippen LogP) is 2.72. The molecule has 3 rings (SSSR count). The summed E-state index contributed by atoms with van der Waals surface area (Å²) in [5.41, 5.74) is 3.29. The van der Waals surface area contributed by atoms with Gasteiger partial charge in [-0.3, -0.25) is 0 Å². The molecule has 1 aromatic rings. The molecule has 0 bridgehead atoms. The number of hydrogen-bond donors (Lipinski definition) is 1. The first-order valence-electron chi connectivity index (χ1n) is 7.94. The van der Waals surface area contributed by atoms with Crippen LogP contribution in [0, 0.1) is 5.41 Å². The molecule has 2 aliphatic rings. The number of benzene rings is 1. The largest absolute Gasteiger partial charge is 0.371 e. The molecule has 0 unspecified atom stereocenters. The van der Waals surface area contributed by atoms with Crippen LogP contribution in [0.25, 0.3) is 0 Å². The van der Waals surface area contributed by atoms with Crippen molar-refractivity contribution in [3.05, 3.63) is 24.3 Å². The lowest BCUT2D eigenvalue weighted by Gasteiger charge is -2.42. The molecular weight excluding hydrogens is 246 g/mol. The summed E-state index contributed by atoms with van der Waals surface area (Å²) in [5, 5.41) is 3.44. The number of anilines is 2. The highest BCUT2D eigenvalue weighted by molar-refractivity contribution is 5.73. The molecular formula is C17H27N3. The average molecular weight is 273 g/mol. The van der Waals surface area contributed by atoms with Crippen molar-refractivity contribution in [2.75, 3.05) is 50.1 Å². The zero-order valence-electron chi connectivity index (χ0n) is 12.9. The van der Waals surface area contributed by atoms with Crippen molar-refractivity contribution in [1.29, 1.82) is 0 Å². The van der Waals surface area contributed by atoms with Crippen molar-refractivity contribution >= 4 is 11.4 Å². The third kappa shape index (κ3) is 2.51. The molecule has 110 valence electrons. The van der Waals surface area contributed by atoms with Crippen LogP contribution in [-0.4, -0.2) is 40.3 Å². The fourth-order valence-corrected chi connectivity index (χ4v) is 4.03. The van der Waals surface area contributed by atoms with E-state index >= 15 is 0 Å². The second-order valence-electron chi connectivity index (χ2n) is 6.57. The quantitative estimate of drug-likeness (QED) is 0.910. The van der Waals surface area contributed by atoms with E-state index in [1.165, 1.54) is 43.6 Å². The van der Waals surface area contributed by atoms with Crippen LogP contribution in [0.3, 0.4) is 0 Å². The Morgan fingerprint density at radius 2 is 1.80 bits per heavy atom. The summed E-state index contributed by atoms with van der Waals surface area (Å²) in [6.45, 7) is 4.64. The van der Waals surface area contributed by atoms with Gasteiger partial charge in [0.15, 0.2) is 0 Å². The van der Waals surface area contributed by atoms with Gasteiger partial charge in [0.1, 0.15) is 0 Å². The lowest BCUT2D eigenvalue weighted by atomic mass is 9.85. The minimum atomic E-state index is 0.484. The van der Waals surface area contributed by atoms with E-state index in [4.69, 9.17) is 0 Å². The van der Waals surface area contributed by atoms with Gasteiger partial charge in [0.25, 0.3) is 0 Å². The Hall–Kier alpha value is -1.22. The van der Waals surface area contributed by atoms with Gasteiger partial charge >= 0.3 is 0 Å². The topological polar surface area (TPSA) is 18.5 Å². The smallest absolute Gasteiger partial charge is 0.0604 e. The van der Waals surface area contributed by atoms with Crippen LogP contribution >= 0.6 is 0 Å². The minimum absolute atomic E-state index is 0.484. The molecule has 0 aromatic heterocycles. The standard InChI is InChI=1S/C17H27N3/c1-18-13-17(9-5-6-10-17)14-20-12-11-19(2)15-7-3-4-8-16(15)20/h3-4,7-8,18H,5-6,9-14H2,1-2H3. The van der Waals surface area contributed by atoms with Crippen LogP contribution in [0.4, 0.5) is 11.4 Å². The van der Waals surface area contributed by atoms with Crippen molar-refractivity contribution in [2.45, 2.75) is 25.7 Å². The van der Waals surface area contributed by atoms with Gasteiger partial charge in [0, 0.05) is 38.6 Å². The van der Waals surface area contributed by atoms with E-state index < -0.39 is 0 Å². The van der Waals surface area contributed by atoms with E-state index in [1.807, 2.05) is 0 Å². The van der Waals surface area contributed by atoms with Crippen LogP contribution in [0.1, 0.15) is 25.7 Å². The van der Waals surface area contributed by atoms with Crippen molar-refractivity contribution in [1.82, 2.24) is 5.32 Å². The Morgan fingerprint density at radius 1 is 1.10 bits per heavy atom. The first-order chi connectivity index (χ1) is 9.74. The molecule has 1 heterocycles. The molecule has 1 aromatic carbocycles. The molecule has 1 saturated carbocycles. The van der Waals surface area contributed by atoms with Crippen molar-refractivity contribution in [3.63, 3.8) is 0 Å². The van der Waals surface area contributed by atoms with Crippen molar-refractivity contribution < 1.29 is 0 Å². The molecule has 1 N–H and O–H groups in total. The van der Waals surface area contributed by atoms with Gasteiger partial charge in [-0.05, 0) is 32.0 Å². The summed E-state index contributed by atoms with van der Waals surface area (Å²) in [4.78, 5) is 5.00. The molecule has 20 heavy (non-hydrogen) atoms. The number of rotatable bonds is 4. The Balaban J connectivity index is 1.82. The van der Waals surface area contributed by atoms with Gasteiger partial charge in [-0.1, -0.05) is 25.0 Å². The van der Waals surface area contributed by atoms with Crippen LogP contribution in [0.5, 0.6) is 0 Å². The Labute approximate surface area is 123 Å². The van der Waals surface area contributed by atoms with Gasteiger partial charge in [-0.15, -0.1) is 0 Å². The van der Waals surface area contributed by atoms with E-state index in [-0.39, 0.29) is 0 Å². The number of nitrogens with zero attached hydrogens (tertiary/aromatic N) is 2. The fraction of sp³-hybridized carbons (Fsp3) is 0.647. The molecule has 0 amide bonds.